The van der Waals surface area contributed by atoms with Crippen LogP contribution in [0, 0.1) is 150 Å². The van der Waals surface area contributed by atoms with Crippen LogP contribution >= 0.6 is 36.0 Å². The molecule has 4 aromatic rings. The molecule has 3 aromatic carbocycles. The van der Waals surface area contributed by atoms with Crippen molar-refractivity contribution >= 4 is 51.8 Å². The van der Waals surface area contributed by atoms with Crippen molar-refractivity contribution in [2.75, 3.05) is 0 Å². The number of aliphatic imine (C=N–C) groups is 1. The molecule has 0 amide bonds. The van der Waals surface area contributed by atoms with Gasteiger partial charge in [-0.25, -0.2) is 4.37 Å². The molecule has 3 radical (unpaired) electrons. The smallest absolute Gasteiger partial charge is 0.0988 e. The number of rotatable bonds is 2. The van der Waals surface area contributed by atoms with E-state index in [4.69, 9.17) is 28.9 Å². The Balaban J connectivity index is -0.0000000217. The summed E-state index contributed by atoms with van der Waals surface area (Å²) in [5, 5.41) is 9.24. The zero-order chi connectivity index (χ0) is 44.8. The van der Waals surface area contributed by atoms with Crippen LogP contribution in [0.15, 0.2) is 77.8 Å². The first-order chi connectivity index (χ1) is 26.2. The van der Waals surface area contributed by atoms with Gasteiger partial charge in [0.05, 0.1) is 20.8 Å². The number of hydrogen-bond acceptors (Lipinski definition) is 6. The number of aryl methyl sites for hydroxylation is 1. The summed E-state index contributed by atoms with van der Waals surface area (Å²) in [6, 6.07) is 33.0. The van der Waals surface area contributed by atoms with Crippen LogP contribution in [-0.4, -0.2) is 25.2 Å². The first-order valence-corrected chi connectivity index (χ1v) is 21.0. The molecule has 0 aliphatic rings. The van der Waals surface area contributed by atoms with E-state index in [0.29, 0.717) is 21.4 Å². The topological polar surface area (TPSA) is 114 Å². The predicted octanol–water partition coefficient (Wildman–Crippen LogP) is 17.3. The molecule has 0 saturated heterocycles. The SMILES string of the molecule is C.C.C.C.CC.CC.CC.CC.CC.CC.CC.CC.CC.CC(=S)N=C(N)c1[c-]cccc1.CC(N)=S.Cc1nc(-c2[c-]cccc2)ns1.N#Cc1[c-]cccc1.[Ar].[Ar].[Ar].[V].[V].[V]. The van der Waals surface area contributed by atoms with Gasteiger partial charge in [-0.1, -0.05) is 184 Å². The van der Waals surface area contributed by atoms with Crippen LogP contribution in [0.4, 0.5) is 0 Å². The van der Waals surface area contributed by atoms with Gasteiger partial charge in [-0.3, -0.25) is 15.2 Å². The molecular formula is C49H95Ar3N6S3V3-3. The Labute approximate surface area is 543 Å². The fourth-order valence-electron chi connectivity index (χ4n) is 2.19. The first-order valence-electron chi connectivity index (χ1n) is 19.4. The maximum atomic E-state index is 8.26. The summed E-state index contributed by atoms with van der Waals surface area (Å²) in [6.07, 6.45) is 0. The average molecular weight is 1140 g/mol. The van der Waals surface area contributed by atoms with Crippen molar-refractivity contribution < 1.29 is 169 Å². The molecule has 0 saturated carbocycles. The van der Waals surface area contributed by atoms with E-state index in [-0.39, 0.29) is 199 Å². The third-order valence-corrected chi connectivity index (χ3v) is 4.28. The number of hydrogen-bond donors (Lipinski definition) is 2. The van der Waals surface area contributed by atoms with E-state index in [1.54, 1.807) is 32.0 Å². The monoisotopic (exact) mass is 1140 g/mol. The standard InChI is InChI=1S/C9H7N2S.C9H9N2S.C7H4N.C2H5NS.9C2H6.4CH4.3Ar.3V/c1-7-10-9(11-12-7)8-5-3-2-4-6-8;1-7(12)11-9(10)8-5-3-2-4-6-8;8-6-7-4-2-1-3-5-7;1-2(3)4;9*1-2;;;;;;;;;;/h2-5H,1H3;2-5H,1H3,(H2,10,11,12);1-4H;1H3,(H2,3,4);9*1-2H3;4*1H4;;;;;;/q3*-1;;;;;;;;;;;;;;;;;;;;. The van der Waals surface area contributed by atoms with Crippen molar-refractivity contribution in [3.8, 4) is 17.5 Å². The summed E-state index contributed by atoms with van der Waals surface area (Å²) < 4.78 is 4.19. The number of nitrogens with two attached hydrogens (primary N) is 2. The normalized spacial score (nSPS) is 6.22. The van der Waals surface area contributed by atoms with Gasteiger partial charge < -0.3 is 11.5 Å². The van der Waals surface area contributed by atoms with Gasteiger partial charge in [-0.2, -0.15) is 0 Å². The summed E-state index contributed by atoms with van der Waals surface area (Å²) in [5.74, 6) is 1.20. The Morgan fingerprint density at radius 3 is 1.14 bits per heavy atom. The van der Waals surface area contributed by atoms with Gasteiger partial charge in [0.25, 0.3) is 0 Å². The van der Waals surface area contributed by atoms with Gasteiger partial charge in [0.15, 0.2) is 0 Å². The minimum Gasteiger partial charge on any atom is -0.421 e. The molecule has 0 aliphatic heterocycles. The molecule has 0 spiro atoms. The van der Waals surface area contributed by atoms with Gasteiger partial charge in [0.1, 0.15) is 0 Å². The molecule has 0 fully saturated rings. The van der Waals surface area contributed by atoms with Crippen molar-refractivity contribution in [2.24, 2.45) is 16.5 Å². The quantitative estimate of drug-likeness (QED) is 0.0889. The third-order valence-electron chi connectivity index (χ3n) is 3.57. The Morgan fingerprint density at radius 2 is 0.922 bits per heavy atom. The summed E-state index contributed by atoms with van der Waals surface area (Å²) >= 11 is 10.5. The van der Waals surface area contributed by atoms with Crippen molar-refractivity contribution in [3.63, 3.8) is 0 Å². The minimum absolute atomic E-state index is 0. The van der Waals surface area contributed by atoms with Crippen LogP contribution in [0.1, 0.15) is 184 Å². The molecule has 0 unspecified atom stereocenters. The average Bonchev–Trinajstić information content (AvgIpc) is 3.71. The molecule has 0 atom stereocenters. The fraction of sp³-hybridized carbons (Fsp3) is 0.510. The van der Waals surface area contributed by atoms with Crippen LogP contribution in [-0.2, 0) is 55.7 Å². The van der Waals surface area contributed by atoms with Gasteiger partial charge >= 0.3 is 0 Å². The van der Waals surface area contributed by atoms with E-state index in [0.717, 1.165) is 22.0 Å². The number of amidine groups is 1. The number of nitrogens with zero attached hydrogens (tertiary/aromatic N) is 4. The van der Waals surface area contributed by atoms with E-state index in [1.165, 1.54) is 11.5 Å². The molecule has 64 heavy (non-hydrogen) atoms. The minimum atomic E-state index is 0. The number of nitriles is 1. The Hall–Kier alpha value is 1.69. The van der Waals surface area contributed by atoms with Crippen LogP contribution in [0.2, 0.25) is 0 Å². The molecule has 6 nitrogen and oxygen atoms in total. The molecule has 15 heteroatoms. The van der Waals surface area contributed by atoms with E-state index < -0.39 is 0 Å². The van der Waals surface area contributed by atoms with E-state index >= 15 is 0 Å². The van der Waals surface area contributed by atoms with Gasteiger partial charge in [-0.15, -0.1) is 102 Å². The second-order valence-electron chi connectivity index (χ2n) is 6.70. The molecule has 0 bridgehead atoms. The number of aromatic nitrogens is 2. The molecule has 1 heterocycles. The zero-order valence-corrected chi connectivity index (χ0v) is 49.3. The number of benzene rings is 3. The Bertz CT molecular complexity index is 1300. The van der Waals surface area contributed by atoms with E-state index in [9.17, 15) is 0 Å². The van der Waals surface area contributed by atoms with Crippen molar-refractivity contribution in [1.82, 2.24) is 9.36 Å². The van der Waals surface area contributed by atoms with Crippen molar-refractivity contribution in [1.29, 1.82) is 5.26 Å². The summed E-state index contributed by atoms with van der Waals surface area (Å²) in [6.45, 7) is 41.4. The van der Waals surface area contributed by atoms with Crippen LogP contribution in [0.5, 0.6) is 0 Å². The van der Waals surface area contributed by atoms with E-state index in [1.807, 2.05) is 192 Å². The van der Waals surface area contributed by atoms with Crippen LogP contribution in [0.25, 0.3) is 11.4 Å². The largest absolute Gasteiger partial charge is 0.421 e. The zero-order valence-electron chi connectivity index (χ0n) is 40.5. The molecule has 4 rings (SSSR count). The Kier molecular flexibility index (Phi) is 248. The maximum Gasteiger partial charge on any atom is 0.0988 e. The molecule has 381 valence electrons. The van der Waals surface area contributed by atoms with Gasteiger partial charge in [-0.05, 0) is 38.4 Å². The summed E-state index contributed by atoms with van der Waals surface area (Å²) in [5.41, 5.74) is 12.8. The third kappa shape index (κ3) is 106. The van der Waals surface area contributed by atoms with E-state index in [2.05, 4.69) is 44.8 Å². The molecule has 1 aromatic heterocycles. The van der Waals surface area contributed by atoms with Gasteiger partial charge in [0, 0.05) is 175 Å². The second-order valence-corrected chi connectivity index (χ2v) is 8.90. The second kappa shape index (κ2) is 126. The molecule has 0 aliphatic carbocycles. The van der Waals surface area contributed by atoms with Crippen molar-refractivity contribution in [2.45, 2.75) is 175 Å². The van der Waals surface area contributed by atoms with Crippen LogP contribution < -0.4 is 11.5 Å². The summed E-state index contributed by atoms with van der Waals surface area (Å²) in [4.78, 5) is 9.23. The first kappa shape index (κ1) is 126. The Morgan fingerprint density at radius 1 is 0.594 bits per heavy atom. The summed E-state index contributed by atoms with van der Waals surface area (Å²) in [7, 11) is 0. The maximum absolute atomic E-state index is 8.26. The van der Waals surface area contributed by atoms with Crippen LogP contribution in [0.3, 0.4) is 0 Å². The van der Waals surface area contributed by atoms with Gasteiger partial charge in [0.2, 0.25) is 0 Å². The predicted molar refractivity (Wildman–Crippen MR) is 285 cm³/mol. The number of thiocarbonyl (C=S) groups is 2. The molecule has 4 N–H and O–H groups in total. The molecular weight excluding hydrogens is 1040 g/mol. The van der Waals surface area contributed by atoms with Crippen molar-refractivity contribution in [3.05, 3.63) is 107 Å². The fourth-order valence-corrected chi connectivity index (χ4v) is 2.77.